The largest absolute Gasteiger partial charge is 0.355 e. The van der Waals surface area contributed by atoms with Gasteiger partial charge in [0.2, 0.25) is 0 Å². The van der Waals surface area contributed by atoms with Gasteiger partial charge in [-0.25, -0.2) is 4.98 Å². The number of hydrogen-bond donors (Lipinski definition) is 1. The molecule has 3 atom stereocenters. The molecule has 0 saturated carbocycles. The predicted molar refractivity (Wildman–Crippen MR) is 118 cm³/mol. The summed E-state index contributed by atoms with van der Waals surface area (Å²) in [5, 5.41) is 3.60. The van der Waals surface area contributed by atoms with Crippen molar-refractivity contribution in [1.29, 1.82) is 0 Å². The van der Waals surface area contributed by atoms with Crippen molar-refractivity contribution in [3.8, 4) is 0 Å². The molecule has 3 rings (SSSR count). The number of guanidine groups is 1. The molecule has 1 N–H and O–H groups in total. The van der Waals surface area contributed by atoms with Crippen molar-refractivity contribution in [2.24, 2.45) is 10.9 Å². The van der Waals surface area contributed by atoms with Crippen LogP contribution in [0.15, 0.2) is 23.7 Å². The molecule has 3 heterocycles. The summed E-state index contributed by atoms with van der Waals surface area (Å²) >= 11 is 0. The average molecular weight is 474 g/mol. The Morgan fingerprint density at radius 2 is 2.08 bits per heavy atom. The second-order valence-corrected chi connectivity index (χ2v) is 7.64. The molecule has 6 nitrogen and oxygen atoms in total. The first-order valence-corrected chi connectivity index (χ1v) is 9.86. The lowest BCUT2D eigenvalue weighted by atomic mass is 9.93. The van der Waals surface area contributed by atoms with Gasteiger partial charge in [0.25, 0.3) is 0 Å². The van der Waals surface area contributed by atoms with Crippen LogP contribution in [0.5, 0.6) is 0 Å². The van der Waals surface area contributed by atoms with Crippen LogP contribution >= 0.6 is 24.0 Å². The van der Waals surface area contributed by atoms with E-state index in [9.17, 15) is 0 Å². The first kappa shape index (κ1) is 21.5. The van der Waals surface area contributed by atoms with Crippen LogP contribution in [0.3, 0.4) is 0 Å². The number of imidazole rings is 1. The van der Waals surface area contributed by atoms with E-state index in [-0.39, 0.29) is 24.0 Å². The smallest absolute Gasteiger partial charge is 0.193 e. The van der Waals surface area contributed by atoms with Gasteiger partial charge in [-0.2, -0.15) is 0 Å². The van der Waals surface area contributed by atoms with Crippen LogP contribution in [0.25, 0.3) is 0 Å². The predicted octanol–water partition coefficient (Wildman–Crippen LogP) is 2.83. The van der Waals surface area contributed by atoms with Crippen molar-refractivity contribution in [2.75, 3.05) is 39.8 Å². The molecule has 2 saturated heterocycles. The van der Waals surface area contributed by atoms with Gasteiger partial charge >= 0.3 is 0 Å². The van der Waals surface area contributed by atoms with Gasteiger partial charge in [-0.05, 0) is 38.6 Å². The van der Waals surface area contributed by atoms with Gasteiger partial charge in [0.1, 0.15) is 0 Å². The van der Waals surface area contributed by atoms with E-state index in [2.05, 4.69) is 49.7 Å². The summed E-state index contributed by atoms with van der Waals surface area (Å²) in [4.78, 5) is 13.8. The molecule has 1 aromatic rings. The van der Waals surface area contributed by atoms with Gasteiger partial charge in [0.15, 0.2) is 5.96 Å². The van der Waals surface area contributed by atoms with E-state index in [1.807, 2.05) is 19.6 Å². The molecule has 0 spiro atoms. The molecule has 148 valence electrons. The van der Waals surface area contributed by atoms with Gasteiger partial charge in [-0.1, -0.05) is 13.3 Å². The third-order valence-electron chi connectivity index (χ3n) is 5.96. The van der Waals surface area contributed by atoms with Gasteiger partial charge in [-0.3, -0.25) is 9.89 Å². The van der Waals surface area contributed by atoms with Crippen LogP contribution < -0.4 is 5.32 Å². The fourth-order valence-electron chi connectivity index (χ4n) is 4.23. The van der Waals surface area contributed by atoms with Crippen LogP contribution in [0.2, 0.25) is 0 Å². The lowest BCUT2D eigenvalue weighted by molar-refractivity contribution is 0.161. The zero-order chi connectivity index (χ0) is 17.6. The monoisotopic (exact) mass is 474 g/mol. The fraction of sp³-hybridized carbons (Fsp3) is 0.789. The van der Waals surface area contributed by atoms with Crippen molar-refractivity contribution in [2.45, 2.75) is 51.6 Å². The first-order chi connectivity index (χ1) is 12.2. The zero-order valence-electron chi connectivity index (χ0n) is 16.5. The molecule has 0 aliphatic carbocycles. The van der Waals surface area contributed by atoms with Gasteiger partial charge in [0, 0.05) is 51.7 Å². The Kier molecular flexibility index (Phi) is 8.66. The van der Waals surface area contributed by atoms with Crippen molar-refractivity contribution in [3.05, 3.63) is 18.7 Å². The molecule has 2 aliphatic rings. The van der Waals surface area contributed by atoms with Crippen LogP contribution in [-0.2, 0) is 0 Å². The van der Waals surface area contributed by atoms with E-state index >= 15 is 0 Å². The van der Waals surface area contributed by atoms with E-state index in [4.69, 9.17) is 0 Å². The number of piperidine rings is 2. The number of nitrogens with one attached hydrogen (secondary N) is 1. The lowest BCUT2D eigenvalue weighted by Crippen LogP contribution is -2.50. The molecule has 1 aromatic heterocycles. The third-order valence-corrected chi connectivity index (χ3v) is 5.96. The topological polar surface area (TPSA) is 48.7 Å². The van der Waals surface area contributed by atoms with E-state index in [1.165, 1.54) is 32.2 Å². The highest BCUT2D eigenvalue weighted by atomic mass is 127. The molecule has 2 aliphatic heterocycles. The third kappa shape index (κ3) is 5.34. The number of aromatic nitrogens is 2. The second kappa shape index (κ2) is 10.5. The highest BCUT2D eigenvalue weighted by molar-refractivity contribution is 14.0. The SMILES string of the molecule is CN=C(NCCN1CCCCC1C)N1CCC(C)C(n2ccnc2)C1.I. The number of aliphatic imine (C=N–C) groups is 1. The summed E-state index contributed by atoms with van der Waals surface area (Å²) in [5.41, 5.74) is 0. The van der Waals surface area contributed by atoms with Crippen molar-refractivity contribution in [1.82, 2.24) is 24.7 Å². The maximum absolute atomic E-state index is 4.54. The fourth-order valence-corrected chi connectivity index (χ4v) is 4.23. The van der Waals surface area contributed by atoms with Gasteiger partial charge in [-0.15, -0.1) is 24.0 Å². The average Bonchev–Trinajstić information content (AvgIpc) is 3.15. The highest BCUT2D eigenvalue weighted by Gasteiger charge is 2.29. The van der Waals surface area contributed by atoms with Gasteiger partial charge in [0.05, 0.1) is 12.4 Å². The first-order valence-electron chi connectivity index (χ1n) is 9.86. The van der Waals surface area contributed by atoms with E-state index < -0.39 is 0 Å². The van der Waals surface area contributed by atoms with Crippen LogP contribution in [0, 0.1) is 5.92 Å². The summed E-state index contributed by atoms with van der Waals surface area (Å²) in [6, 6.07) is 1.19. The zero-order valence-corrected chi connectivity index (χ0v) is 18.8. The molecule has 0 aromatic carbocycles. The Morgan fingerprint density at radius 3 is 2.77 bits per heavy atom. The Hall–Kier alpha value is -0.830. The minimum absolute atomic E-state index is 0. The summed E-state index contributed by atoms with van der Waals surface area (Å²) in [6.07, 6.45) is 11.2. The Balaban J connectivity index is 0.00000243. The maximum atomic E-state index is 4.54. The molecule has 2 fully saturated rings. The van der Waals surface area contributed by atoms with Crippen molar-refractivity contribution >= 4 is 29.9 Å². The summed E-state index contributed by atoms with van der Waals surface area (Å²) < 4.78 is 2.25. The van der Waals surface area contributed by atoms with E-state index in [1.54, 1.807) is 0 Å². The molecule has 3 unspecified atom stereocenters. The summed E-state index contributed by atoms with van der Waals surface area (Å²) in [7, 11) is 1.90. The number of halogens is 1. The maximum Gasteiger partial charge on any atom is 0.193 e. The molecule has 26 heavy (non-hydrogen) atoms. The summed E-state index contributed by atoms with van der Waals surface area (Å²) in [6.45, 7) is 10.1. The number of hydrogen-bond acceptors (Lipinski definition) is 3. The van der Waals surface area contributed by atoms with E-state index in [0.29, 0.717) is 12.0 Å². The highest BCUT2D eigenvalue weighted by Crippen LogP contribution is 2.27. The van der Waals surface area contributed by atoms with Crippen LogP contribution in [-0.4, -0.2) is 71.1 Å². The second-order valence-electron chi connectivity index (χ2n) is 7.64. The Bertz CT molecular complexity index is 546. The number of nitrogens with zero attached hydrogens (tertiary/aromatic N) is 5. The lowest BCUT2D eigenvalue weighted by Gasteiger charge is -2.39. The van der Waals surface area contributed by atoms with Crippen LogP contribution in [0.1, 0.15) is 45.6 Å². The molecule has 0 bridgehead atoms. The molecule has 0 amide bonds. The normalized spacial score (nSPS) is 27.9. The van der Waals surface area contributed by atoms with Crippen molar-refractivity contribution in [3.63, 3.8) is 0 Å². The standard InChI is InChI=1S/C19H34N6.HI/c1-16-7-11-24(14-18(16)25-12-8-21-15-25)19(20-3)22-9-13-23-10-5-4-6-17(23)2;/h8,12,15-18H,4-7,9-11,13-14H2,1-3H3,(H,20,22);1H. The minimum atomic E-state index is 0. The Morgan fingerprint density at radius 1 is 1.23 bits per heavy atom. The number of likely N-dealkylation sites (tertiary alicyclic amines) is 2. The van der Waals surface area contributed by atoms with Gasteiger partial charge < -0.3 is 14.8 Å². The quantitative estimate of drug-likeness (QED) is 0.414. The van der Waals surface area contributed by atoms with Crippen molar-refractivity contribution < 1.29 is 0 Å². The molecule has 7 heteroatoms. The minimum Gasteiger partial charge on any atom is -0.355 e. The van der Waals surface area contributed by atoms with Crippen LogP contribution in [0.4, 0.5) is 0 Å². The van der Waals surface area contributed by atoms with E-state index in [0.717, 1.165) is 38.2 Å². The molecular formula is C19H35IN6. The number of rotatable bonds is 4. The Labute approximate surface area is 175 Å². The molecule has 0 radical (unpaired) electrons. The summed E-state index contributed by atoms with van der Waals surface area (Å²) in [5.74, 6) is 1.71. The molecular weight excluding hydrogens is 439 g/mol.